The van der Waals surface area contributed by atoms with E-state index >= 15 is 0 Å². The summed E-state index contributed by atoms with van der Waals surface area (Å²) in [6, 6.07) is 5.10. The lowest BCUT2D eigenvalue weighted by Crippen LogP contribution is -2.20. The van der Waals surface area contributed by atoms with E-state index in [1.54, 1.807) is 44.6 Å². The molecule has 29 heavy (non-hydrogen) atoms. The van der Waals surface area contributed by atoms with Crippen LogP contribution < -0.4 is 10.9 Å². The van der Waals surface area contributed by atoms with E-state index in [1.165, 1.54) is 4.57 Å². The van der Waals surface area contributed by atoms with Crippen LogP contribution in [0.1, 0.15) is 30.7 Å². The molecule has 3 heterocycles. The van der Waals surface area contributed by atoms with Crippen LogP contribution in [0.3, 0.4) is 0 Å². The van der Waals surface area contributed by atoms with Gasteiger partial charge < -0.3 is 15.0 Å². The first-order valence-electron chi connectivity index (χ1n) is 9.36. The van der Waals surface area contributed by atoms with Gasteiger partial charge in [0, 0.05) is 42.0 Å². The fraction of sp³-hybridized carbons (Fsp3) is 0.333. The summed E-state index contributed by atoms with van der Waals surface area (Å²) in [7, 11) is 1.64. The summed E-state index contributed by atoms with van der Waals surface area (Å²) >= 11 is 0. The molecule has 3 atom stereocenters. The standard InChI is InChI=1S/C21H21FN4O3/c1-10-4-17(11(2)27)23-9-15(10)13-5-12-8-24-19(7-18(12)26(3)21(13)29)25-20(28)14-6-16(14)22/h4-5,7-9,11,14,16,27H,6H2,1-3H3,(H,24,25,28)/t11-,14-,16-/m0/s1. The number of hydrogen-bond donors (Lipinski definition) is 2. The lowest BCUT2D eigenvalue weighted by molar-refractivity contribution is -0.117. The monoisotopic (exact) mass is 396 g/mol. The predicted molar refractivity (Wildman–Crippen MR) is 107 cm³/mol. The van der Waals surface area contributed by atoms with Gasteiger partial charge in [-0.25, -0.2) is 9.37 Å². The van der Waals surface area contributed by atoms with Crippen LogP contribution in [-0.2, 0) is 11.8 Å². The van der Waals surface area contributed by atoms with Gasteiger partial charge in [-0.15, -0.1) is 0 Å². The maximum absolute atomic E-state index is 13.1. The molecule has 0 aromatic carbocycles. The van der Waals surface area contributed by atoms with Crippen LogP contribution in [0.5, 0.6) is 0 Å². The Morgan fingerprint density at radius 1 is 1.28 bits per heavy atom. The van der Waals surface area contributed by atoms with E-state index in [0.717, 1.165) is 5.56 Å². The van der Waals surface area contributed by atoms with Crippen molar-refractivity contribution in [2.24, 2.45) is 13.0 Å². The SMILES string of the molecule is Cc1cc([C@H](C)O)ncc1-c1cc2cnc(NC(=O)[C@H]3C[C@@H]3F)cc2n(C)c1=O. The fourth-order valence-corrected chi connectivity index (χ4v) is 3.37. The molecular weight excluding hydrogens is 375 g/mol. The van der Waals surface area contributed by atoms with Crippen LogP contribution in [0.15, 0.2) is 35.4 Å². The summed E-state index contributed by atoms with van der Waals surface area (Å²) < 4.78 is 14.5. The number of nitrogens with zero attached hydrogens (tertiary/aromatic N) is 3. The van der Waals surface area contributed by atoms with Crippen LogP contribution in [-0.4, -0.2) is 31.7 Å². The smallest absolute Gasteiger partial charge is 0.258 e. The molecule has 4 rings (SSSR count). The molecule has 3 aromatic rings. The zero-order valence-electron chi connectivity index (χ0n) is 16.3. The summed E-state index contributed by atoms with van der Waals surface area (Å²) in [4.78, 5) is 33.4. The van der Waals surface area contributed by atoms with Gasteiger partial charge in [0.1, 0.15) is 12.0 Å². The Kier molecular flexibility index (Phi) is 4.66. The van der Waals surface area contributed by atoms with Crippen molar-refractivity contribution in [3.8, 4) is 11.1 Å². The summed E-state index contributed by atoms with van der Waals surface area (Å²) in [6.07, 6.45) is 1.62. The summed E-state index contributed by atoms with van der Waals surface area (Å²) in [5.41, 5.74) is 2.90. The van der Waals surface area contributed by atoms with Crippen molar-refractivity contribution < 1.29 is 14.3 Å². The number of halogens is 1. The average molecular weight is 396 g/mol. The van der Waals surface area contributed by atoms with E-state index in [0.29, 0.717) is 27.7 Å². The number of nitrogens with one attached hydrogen (secondary N) is 1. The maximum Gasteiger partial charge on any atom is 0.258 e. The van der Waals surface area contributed by atoms with Crippen molar-refractivity contribution in [2.45, 2.75) is 32.5 Å². The number of pyridine rings is 3. The number of hydrogen-bond acceptors (Lipinski definition) is 5. The van der Waals surface area contributed by atoms with Gasteiger partial charge in [0.15, 0.2) is 0 Å². The number of aromatic nitrogens is 3. The Morgan fingerprint density at radius 3 is 2.62 bits per heavy atom. The van der Waals surface area contributed by atoms with E-state index < -0.39 is 24.1 Å². The third kappa shape index (κ3) is 3.51. The van der Waals surface area contributed by atoms with Crippen molar-refractivity contribution in [1.29, 1.82) is 0 Å². The number of aliphatic hydroxyl groups excluding tert-OH is 1. The van der Waals surface area contributed by atoms with E-state index in [4.69, 9.17) is 0 Å². The minimum Gasteiger partial charge on any atom is -0.387 e. The number of anilines is 1. The molecule has 1 amide bonds. The number of carbonyl (C=O) groups excluding carboxylic acids is 1. The molecule has 3 aromatic heterocycles. The normalized spacial score (nSPS) is 19.2. The molecule has 1 aliphatic carbocycles. The average Bonchev–Trinajstić information content (AvgIpc) is 3.42. The summed E-state index contributed by atoms with van der Waals surface area (Å²) in [5, 5.41) is 13.0. The number of aliphatic hydroxyl groups is 1. The van der Waals surface area contributed by atoms with Crippen LogP contribution >= 0.6 is 0 Å². The van der Waals surface area contributed by atoms with Gasteiger partial charge in [-0.1, -0.05) is 0 Å². The highest BCUT2D eigenvalue weighted by Crippen LogP contribution is 2.34. The first kappa shape index (κ1) is 19.2. The number of carbonyl (C=O) groups is 1. The van der Waals surface area contributed by atoms with E-state index in [2.05, 4.69) is 15.3 Å². The van der Waals surface area contributed by atoms with Gasteiger partial charge >= 0.3 is 0 Å². The summed E-state index contributed by atoms with van der Waals surface area (Å²) in [6.45, 7) is 3.49. The Morgan fingerprint density at radius 2 is 2.00 bits per heavy atom. The van der Waals surface area contributed by atoms with E-state index in [9.17, 15) is 19.1 Å². The van der Waals surface area contributed by atoms with Gasteiger partial charge in [0.2, 0.25) is 5.91 Å². The zero-order chi connectivity index (χ0) is 20.9. The third-order valence-corrected chi connectivity index (χ3v) is 5.26. The van der Waals surface area contributed by atoms with Crippen molar-refractivity contribution in [2.75, 3.05) is 5.32 Å². The minimum atomic E-state index is -1.08. The Hall–Kier alpha value is -3.13. The van der Waals surface area contributed by atoms with Crippen LogP contribution in [0.2, 0.25) is 0 Å². The van der Waals surface area contributed by atoms with Gasteiger partial charge in [0.25, 0.3) is 5.56 Å². The second-order valence-corrected chi connectivity index (χ2v) is 7.50. The fourth-order valence-electron chi connectivity index (χ4n) is 3.37. The zero-order valence-corrected chi connectivity index (χ0v) is 16.3. The second kappa shape index (κ2) is 7.04. The lowest BCUT2D eigenvalue weighted by atomic mass is 10.0. The Bertz CT molecular complexity index is 1190. The first-order valence-corrected chi connectivity index (χ1v) is 9.36. The molecule has 8 heteroatoms. The molecule has 0 unspecified atom stereocenters. The van der Waals surface area contributed by atoms with Crippen LogP contribution in [0.4, 0.5) is 10.2 Å². The highest BCUT2D eigenvalue weighted by molar-refractivity contribution is 5.95. The second-order valence-electron chi connectivity index (χ2n) is 7.50. The molecule has 7 nitrogen and oxygen atoms in total. The van der Waals surface area contributed by atoms with Gasteiger partial charge in [0.05, 0.1) is 23.2 Å². The summed E-state index contributed by atoms with van der Waals surface area (Å²) in [5.74, 6) is -0.729. The van der Waals surface area contributed by atoms with Crippen molar-refractivity contribution >= 4 is 22.6 Å². The lowest BCUT2D eigenvalue weighted by Gasteiger charge is -2.13. The van der Waals surface area contributed by atoms with Crippen molar-refractivity contribution in [3.63, 3.8) is 0 Å². The molecule has 0 saturated heterocycles. The topological polar surface area (TPSA) is 97.1 Å². The highest BCUT2D eigenvalue weighted by Gasteiger charge is 2.43. The third-order valence-electron chi connectivity index (χ3n) is 5.26. The molecule has 1 aliphatic rings. The largest absolute Gasteiger partial charge is 0.387 e. The van der Waals surface area contributed by atoms with E-state index in [1.807, 2.05) is 6.92 Å². The van der Waals surface area contributed by atoms with Crippen molar-refractivity contribution in [3.05, 3.63) is 52.2 Å². The van der Waals surface area contributed by atoms with Gasteiger partial charge in [-0.05, 0) is 38.0 Å². The Balaban J connectivity index is 1.74. The molecule has 0 aliphatic heterocycles. The number of amides is 1. The maximum atomic E-state index is 13.1. The molecular formula is C21H21FN4O3. The quantitative estimate of drug-likeness (QED) is 0.707. The molecule has 1 saturated carbocycles. The number of rotatable bonds is 4. The molecule has 150 valence electrons. The number of alkyl halides is 1. The molecule has 0 bridgehead atoms. The van der Waals surface area contributed by atoms with Crippen LogP contribution in [0, 0.1) is 12.8 Å². The number of fused-ring (bicyclic) bond motifs is 1. The van der Waals surface area contributed by atoms with Gasteiger partial charge in [-0.3, -0.25) is 14.6 Å². The molecule has 0 spiro atoms. The van der Waals surface area contributed by atoms with Gasteiger partial charge in [-0.2, -0.15) is 0 Å². The number of aryl methyl sites for hydroxylation is 2. The first-order chi connectivity index (χ1) is 13.8. The highest BCUT2D eigenvalue weighted by atomic mass is 19.1. The molecule has 2 N–H and O–H groups in total. The molecule has 1 fully saturated rings. The Labute approximate surface area is 166 Å². The van der Waals surface area contributed by atoms with Crippen LogP contribution in [0.25, 0.3) is 22.0 Å². The van der Waals surface area contributed by atoms with E-state index in [-0.39, 0.29) is 17.8 Å². The molecule has 0 radical (unpaired) electrons. The van der Waals surface area contributed by atoms with Crippen molar-refractivity contribution in [1.82, 2.24) is 14.5 Å². The predicted octanol–water partition coefficient (Wildman–Crippen LogP) is 2.65. The minimum absolute atomic E-state index is 0.221.